The lowest BCUT2D eigenvalue weighted by molar-refractivity contribution is -0.117. The van der Waals surface area contributed by atoms with Crippen LogP contribution in [0, 0.1) is 0 Å². The van der Waals surface area contributed by atoms with Gasteiger partial charge < -0.3 is 15.8 Å². The molecule has 88 valence electrons. The summed E-state index contributed by atoms with van der Waals surface area (Å²) in [7, 11) is 1.50. The number of hydrogen-bond donors (Lipinski definition) is 2. The second-order valence-corrected chi connectivity index (χ2v) is 3.44. The first-order chi connectivity index (χ1) is 7.69. The summed E-state index contributed by atoms with van der Waals surface area (Å²) in [5, 5.41) is 2.69. The van der Waals surface area contributed by atoms with Crippen molar-refractivity contribution in [2.45, 2.75) is 25.8 Å². The van der Waals surface area contributed by atoms with Crippen molar-refractivity contribution in [2.75, 3.05) is 12.4 Å². The standard InChI is InChI=1S/C11H17N3O2/c1-3-5-8(12)10(15)14-9-6-4-7-13-11(9)16-2/h4,6-8H,3,5,12H2,1-2H3,(H,14,15). The van der Waals surface area contributed by atoms with Crippen LogP contribution in [0.15, 0.2) is 18.3 Å². The molecule has 5 heteroatoms. The average Bonchev–Trinajstić information content (AvgIpc) is 2.30. The number of aromatic nitrogens is 1. The number of nitrogens with one attached hydrogen (secondary N) is 1. The highest BCUT2D eigenvalue weighted by Crippen LogP contribution is 2.19. The molecule has 0 saturated carbocycles. The van der Waals surface area contributed by atoms with Gasteiger partial charge in [-0.25, -0.2) is 4.98 Å². The molecule has 1 aromatic heterocycles. The number of pyridine rings is 1. The van der Waals surface area contributed by atoms with Gasteiger partial charge in [-0.2, -0.15) is 0 Å². The molecule has 5 nitrogen and oxygen atoms in total. The molecule has 1 atom stereocenters. The summed E-state index contributed by atoms with van der Waals surface area (Å²) in [5.74, 6) is 0.174. The minimum absolute atomic E-state index is 0.215. The molecular formula is C11H17N3O2. The predicted molar refractivity (Wildman–Crippen MR) is 62.3 cm³/mol. The van der Waals surface area contributed by atoms with Crippen molar-refractivity contribution in [1.29, 1.82) is 0 Å². The molecule has 0 aliphatic heterocycles. The smallest absolute Gasteiger partial charge is 0.241 e. The van der Waals surface area contributed by atoms with E-state index in [1.165, 1.54) is 7.11 Å². The number of nitrogens with zero attached hydrogens (tertiary/aromatic N) is 1. The van der Waals surface area contributed by atoms with Gasteiger partial charge in [0, 0.05) is 6.20 Å². The van der Waals surface area contributed by atoms with Crippen molar-refractivity contribution in [3.05, 3.63) is 18.3 Å². The Labute approximate surface area is 95.0 Å². The molecule has 1 heterocycles. The molecule has 0 aliphatic rings. The van der Waals surface area contributed by atoms with Crippen LogP contribution in [0.2, 0.25) is 0 Å². The number of methoxy groups -OCH3 is 1. The maximum absolute atomic E-state index is 11.7. The van der Waals surface area contributed by atoms with E-state index in [1.54, 1.807) is 18.3 Å². The molecule has 1 rings (SSSR count). The van der Waals surface area contributed by atoms with E-state index in [2.05, 4.69) is 10.3 Å². The summed E-state index contributed by atoms with van der Waals surface area (Å²) in [6.45, 7) is 1.98. The maximum Gasteiger partial charge on any atom is 0.241 e. The summed E-state index contributed by atoms with van der Waals surface area (Å²) in [5.41, 5.74) is 6.24. The first kappa shape index (κ1) is 12.4. The molecule has 3 N–H and O–H groups in total. The highest BCUT2D eigenvalue weighted by Gasteiger charge is 2.14. The van der Waals surface area contributed by atoms with E-state index in [4.69, 9.17) is 10.5 Å². The van der Waals surface area contributed by atoms with E-state index in [9.17, 15) is 4.79 Å². The second-order valence-electron chi connectivity index (χ2n) is 3.44. The zero-order valence-corrected chi connectivity index (χ0v) is 9.56. The van der Waals surface area contributed by atoms with Gasteiger partial charge in [0.1, 0.15) is 5.69 Å². The summed E-state index contributed by atoms with van der Waals surface area (Å²) in [4.78, 5) is 15.6. The summed E-state index contributed by atoms with van der Waals surface area (Å²) in [6.07, 6.45) is 3.13. The van der Waals surface area contributed by atoms with Crippen LogP contribution in [0.5, 0.6) is 5.88 Å². The monoisotopic (exact) mass is 223 g/mol. The molecule has 0 fully saturated rings. The van der Waals surface area contributed by atoms with Crippen LogP contribution >= 0.6 is 0 Å². The largest absolute Gasteiger partial charge is 0.480 e. The molecule has 0 saturated heterocycles. The molecule has 0 aliphatic carbocycles. The molecule has 0 radical (unpaired) electrons. The van der Waals surface area contributed by atoms with Gasteiger partial charge in [-0.3, -0.25) is 4.79 Å². The van der Waals surface area contributed by atoms with E-state index in [1.807, 2.05) is 6.92 Å². The number of anilines is 1. The van der Waals surface area contributed by atoms with Gasteiger partial charge in [0.2, 0.25) is 11.8 Å². The van der Waals surface area contributed by atoms with Crippen molar-refractivity contribution in [3.8, 4) is 5.88 Å². The molecule has 1 aromatic rings. The van der Waals surface area contributed by atoms with Crippen molar-refractivity contribution in [3.63, 3.8) is 0 Å². The first-order valence-electron chi connectivity index (χ1n) is 5.24. The SMILES string of the molecule is CCCC(N)C(=O)Nc1cccnc1OC. The van der Waals surface area contributed by atoms with E-state index in [-0.39, 0.29) is 5.91 Å². The molecule has 1 unspecified atom stereocenters. The van der Waals surface area contributed by atoms with Gasteiger partial charge in [0.05, 0.1) is 13.2 Å². The fraction of sp³-hybridized carbons (Fsp3) is 0.455. The Hall–Kier alpha value is -1.62. The fourth-order valence-corrected chi connectivity index (χ4v) is 1.32. The molecule has 0 bridgehead atoms. The van der Waals surface area contributed by atoms with Crippen molar-refractivity contribution >= 4 is 11.6 Å². The molecular weight excluding hydrogens is 206 g/mol. The Morgan fingerprint density at radius 2 is 2.44 bits per heavy atom. The third-order valence-electron chi connectivity index (χ3n) is 2.16. The summed E-state index contributed by atoms with van der Waals surface area (Å²) in [6, 6.07) is 2.96. The zero-order valence-electron chi connectivity index (χ0n) is 9.56. The quantitative estimate of drug-likeness (QED) is 0.785. The van der Waals surface area contributed by atoms with E-state index < -0.39 is 6.04 Å². The predicted octanol–water partition coefficient (Wildman–Crippen LogP) is 1.16. The van der Waals surface area contributed by atoms with E-state index >= 15 is 0 Å². The number of rotatable bonds is 5. The molecule has 16 heavy (non-hydrogen) atoms. The van der Waals surface area contributed by atoms with Gasteiger partial charge >= 0.3 is 0 Å². The number of ether oxygens (including phenoxy) is 1. The lowest BCUT2D eigenvalue weighted by atomic mass is 10.1. The number of carbonyl (C=O) groups excluding carboxylic acids is 1. The summed E-state index contributed by atoms with van der Waals surface area (Å²) >= 11 is 0. The minimum Gasteiger partial charge on any atom is -0.480 e. The highest BCUT2D eigenvalue weighted by atomic mass is 16.5. The number of amides is 1. The zero-order chi connectivity index (χ0) is 12.0. The normalized spacial score (nSPS) is 11.9. The van der Waals surface area contributed by atoms with Crippen molar-refractivity contribution in [2.24, 2.45) is 5.73 Å². The third kappa shape index (κ3) is 3.20. The lowest BCUT2D eigenvalue weighted by Gasteiger charge is -2.12. The van der Waals surface area contributed by atoms with E-state index in [0.717, 1.165) is 6.42 Å². The van der Waals surface area contributed by atoms with Gasteiger partial charge in [0.25, 0.3) is 0 Å². The molecule has 0 aromatic carbocycles. The number of nitrogens with two attached hydrogens (primary N) is 1. The third-order valence-corrected chi connectivity index (χ3v) is 2.16. The van der Waals surface area contributed by atoms with Gasteiger partial charge in [-0.1, -0.05) is 13.3 Å². The Kier molecular flexibility index (Phi) is 4.72. The van der Waals surface area contributed by atoms with Crippen LogP contribution in [0.4, 0.5) is 5.69 Å². The van der Waals surface area contributed by atoms with Crippen LogP contribution in [0.3, 0.4) is 0 Å². The first-order valence-corrected chi connectivity index (χ1v) is 5.24. The Balaban J connectivity index is 2.69. The van der Waals surface area contributed by atoms with E-state index in [0.29, 0.717) is 18.0 Å². The summed E-state index contributed by atoms with van der Waals surface area (Å²) < 4.78 is 5.02. The average molecular weight is 223 g/mol. The van der Waals surface area contributed by atoms with Gasteiger partial charge in [-0.05, 0) is 18.6 Å². The maximum atomic E-state index is 11.7. The molecule has 0 spiro atoms. The Morgan fingerprint density at radius 3 is 3.06 bits per heavy atom. The highest BCUT2D eigenvalue weighted by molar-refractivity contribution is 5.95. The van der Waals surface area contributed by atoms with Crippen LogP contribution < -0.4 is 15.8 Å². The van der Waals surface area contributed by atoms with Crippen LogP contribution in [-0.4, -0.2) is 24.0 Å². The second kappa shape index (κ2) is 6.07. The van der Waals surface area contributed by atoms with Crippen molar-refractivity contribution < 1.29 is 9.53 Å². The van der Waals surface area contributed by atoms with Gasteiger partial charge in [0.15, 0.2) is 0 Å². The topological polar surface area (TPSA) is 77.2 Å². The van der Waals surface area contributed by atoms with Crippen molar-refractivity contribution in [1.82, 2.24) is 4.98 Å². The lowest BCUT2D eigenvalue weighted by Crippen LogP contribution is -2.35. The Bertz CT molecular complexity index is 355. The minimum atomic E-state index is -0.491. The van der Waals surface area contributed by atoms with Crippen LogP contribution in [-0.2, 0) is 4.79 Å². The molecule has 1 amide bonds. The van der Waals surface area contributed by atoms with Crippen LogP contribution in [0.1, 0.15) is 19.8 Å². The Morgan fingerprint density at radius 1 is 1.69 bits per heavy atom. The van der Waals surface area contributed by atoms with Gasteiger partial charge in [-0.15, -0.1) is 0 Å². The van der Waals surface area contributed by atoms with Crippen LogP contribution in [0.25, 0.3) is 0 Å². The fourth-order valence-electron chi connectivity index (χ4n) is 1.32. The number of carbonyl (C=O) groups is 1. The number of hydrogen-bond acceptors (Lipinski definition) is 4.